The molecule has 0 aliphatic carbocycles. The van der Waals surface area contributed by atoms with Gasteiger partial charge in [-0.25, -0.2) is 4.39 Å². The fraction of sp³-hybridized carbons (Fsp3) is 0.0909. The standard InChI is InChI=1S/C11H9ClFN3/c12-11-10(14)6-9(15-16-11)5-7-2-1-3-8(13)4-7/h1-4,6H,5H2,(H2,14,15). The van der Waals surface area contributed by atoms with Crippen LogP contribution in [0.3, 0.4) is 0 Å². The number of nitrogens with zero attached hydrogens (tertiary/aromatic N) is 2. The van der Waals surface area contributed by atoms with E-state index in [-0.39, 0.29) is 11.0 Å². The Bertz CT molecular complexity index is 516. The first-order chi connectivity index (χ1) is 7.65. The Kier molecular flexibility index (Phi) is 3.01. The van der Waals surface area contributed by atoms with Gasteiger partial charge in [-0.1, -0.05) is 23.7 Å². The summed E-state index contributed by atoms with van der Waals surface area (Å²) in [7, 11) is 0. The van der Waals surface area contributed by atoms with E-state index in [0.717, 1.165) is 5.56 Å². The number of anilines is 1. The van der Waals surface area contributed by atoms with Crippen molar-refractivity contribution in [2.24, 2.45) is 0 Å². The van der Waals surface area contributed by atoms with Crippen molar-refractivity contribution in [3.05, 3.63) is 52.6 Å². The third kappa shape index (κ3) is 2.46. The summed E-state index contributed by atoms with van der Waals surface area (Å²) in [5, 5.41) is 7.76. The molecular weight excluding hydrogens is 229 g/mol. The number of rotatable bonds is 2. The van der Waals surface area contributed by atoms with Crippen LogP contribution in [0.15, 0.2) is 30.3 Å². The molecular formula is C11H9ClFN3. The highest BCUT2D eigenvalue weighted by atomic mass is 35.5. The predicted molar refractivity (Wildman–Crippen MR) is 60.7 cm³/mol. The van der Waals surface area contributed by atoms with Gasteiger partial charge in [0.25, 0.3) is 0 Å². The zero-order chi connectivity index (χ0) is 11.5. The molecule has 3 nitrogen and oxygen atoms in total. The van der Waals surface area contributed by atoms with Gasteiger partial charge < -0.3 is 5.73 Å². The third-order valence-corrected chi connectivity index (χ3v) is 2.39. The van der Waals surface area contributed by atoms with Gasteiger partial charge in [0, 0.05) is 6.42 Å². The van der Waals surface area contributed by atoms with E-state index in [0.29, 0.717) is 17.8 Å². The Balaban J connectivity index is 2.24. The Morgan fingerprint density at radius 1 is 1.25 bits per heavy atom. The Morgan fingerprint density at radius 3 is 2.75 bits per heavy atom. The maximum Gasteiger partial charge on any atom is 0.174 e. The van der Waals surface area contributed by atoms with Crippen LogP contribution >= 0.6 is 11.6 Å². The Labute approximate surface area is 97.1 Å². The lowest BCUT2D eigenvalue weighted by atomic mass is 10.1. The number of hydrogen-bond acceptors (Lipinski definition) is 3. The summed E-state index contributed by atoms with van der Waals surface area (Å²) >= 11 is 5.65. The van der Waals surface area contributed by atoms with Crippen molar-refractivity contribution in [3.63, 3.8) is 0 Å². The summed E-state index contributed by atoms with van der Waals surface area (Å²) in [6.45, 7) is 0. The Morgan fingerprint density at radius 2 is 2.06 bits per heavy atom. The minimum absolute atomic E-state index is 0.183. The number of nitrogens with two attached hydrogens (primary N) is 1. The van der Waals surface area contributed by atoms with Crippen molar-refractivity contribution in [2.75, 3.05) is 5.73 Å². The van der Waals surface area contributed by atoms with Gasteiger partial charge in [0.2, 0.25) is 0 Å². The van der Waals surface area contributed by atoms with E-state index in [1.807, 2.05) is 6.07 Å². The van der Waals surface area contributed by atoms with Crippen molar-refractivity contribution in [1.82, 2.24) is 10.2 Å². The van der Waals surface area contributed by atoms with E-state index in [2.05, 4.69) is 10.2 Å². The summed E-state index contributed by atoms with van der Waals surface area (Å²) in [6, 6.07) is 7.95. The summed E-state index contributed by atoms with van der Waals surface area (Å²) < 4.78 is 12.9. The molecule has 1 aromatic carbocycles. The average Bonchev–Trinajstić information content (AvgIpc) is 2.24. The van der Waals surface area contributed by atoms with Gasteiger partial charge in [0.05, 0.1) is 11.4 Å². The number of benzene rings is 1. The van der Waals surface area contributed by atoms with Gasteiger partial charge in [-0.05, 0) is 23.8 Å². The van der Waals surface area contributed by atoms with Crippen LogP contribution in [0.2, 0.25) is 5.15 Å². The molecule has 0 aliphatic rings. The predicted octanol–water partition coefficient (Wildman–Crippen LogP) is 2.44. The quantitative estimate of drug-likeness (QED) is 0.873. The maximum absolute atomic E-state index is 12.9. The van der Waals surface area contributed by atoms with Crippen molar-refractivity contribution in [1.29, 1.82) is 0 Å². The van der Waals surface area contributed by atoms with Gasteiger partial charge in [-0.3, -0.25) is 0 Å². The summed E-state index contributed by atoms with van der Waals surface area (Å²) in [5.74, 6) is -0.271. The number of hydrogen-bond donors (Lipinski definition) is 1. The van der Waals surface area contributed by atoms with Crippen molar-refractivity contribution >= 4 is 17.3 Å². The third-order valence-electron chi connectivity index (χ3n) is 2.10. The minimum Gasteiger partial charge on any atom is -0.396 e. The van der Waals surface area contributed by atoms with Crippen molar-refractivity contribution in [3.8, 4) is 0 Å². The van der Waals surface area contributed by atoms with Gasteiger partial charge in [0.1, 0.15) is 5.82 Å². The number of nitrogen functional groups attached to an aromatic ring is 1. The first-order valence-electron chi connectivity index (χ1n) is 4.67. The zero-order valence-corrected chi connectivity index (χ0v) is 9.08. The molecule has 1 aromatic heterocycles. The first-order valence-corrected chi connectivity index (χ1v) is 5.05. The molecule has 1 heterocycles. The Hall–Kier alpha value is -1.68. The topological polar surface area (TPSA) is 51.8 Å². The highest BCUT2D eigenvalue weighted by Gasteiger charge is 2.03. The molecule has 16 heavy (non-hydrogen) atoms. The van der Waals surface area contributed by atoms with Crippen LogP contribution in [-0.2, 0) is 6.42 Å². The molecule has 0 saturated carbocycles. The van der Waals surface area contributed by atoms with Crippen molar-refractivity contribution in [2.45, 2.75) is 6.42 Å². The molecule has 5 heteroatoms. The highest BCUT2D eigenvalue weighted by molar-refractivity contribution is 6.31. The lowest BCUT2D eigenvalue weighted by Gasteiger charge is -2.02. The molecule has 2 rings (SSSR count). The largest absolute Gasteiger partial charge is 0.396 e. The smallest absolute Gasteiger partial charge is 0.174 e. The number of halogens is 2. The van der Waals surface area contributed by atoms with E-state index in [4.69, 9.17) is 17.3 Å². The van der Waals surface area contributed by atoms with Crippen LogP contribution in [0.25, 0.3) is 0 Å². The fourth-order valence-corrected chi connectivity index (χ4v) is 1.47. The van der Waals surface area contributed by atoms with Gasteiger partial charge in [-0.15, -0.1) is 5.10 Å². The van der Waals surface area contributed by atoms with E-state index < -0.39 is 0 Å². The molecule has 0 radical (unpaired) electrons. The minimum atomic E-state index is -0.271. The molecule has 2 aromatic rings. The van der Waals surface area contributed by atoms with Gasteiger partial charge in [-0.2, -0.15) is 5.10 Å². The second-order valence-corrected chi connectivity index (χ2v) is 3.75. The van der Waals surface area contributed by atoms with Gasteiger partial charge >= 0.3 is 0 Å². The zero-order valence-electron chi connectivity index (χ0n) is 8.32. The summed E-state index contributed by atoms with van der Waals surface area (Å²) in [6.07, 6.45) is 0.478. The van der Waals surface area contributed by atoms with Crippen LogP contribution in [0.1, 0.15) is 11.3 Å². The SMILES string of the molecule is Nc1cc(Cc2cccc(F)c2)nnc1Cl. The normalized spacial score (nSPS) is 10.4. The molecule has 2 N–H and O–H groups in total. The fourth-order valence-electron chi connectivity index (χ4n) is 1.38. The molecule has 0 spiro atoms. The molecule has 0 aliphatic heterocycles. The van der Waals surface area contributed by atoms with E-state index in [9.17, 15) is 4.39 Å². The molecule has 0 saturated heterocycles. The first kappa shape index (κ1) is 10.8. The van der Waals surface area contributed by atoms with E-state index in [1.165, 1.54) is 12.1 Å². The molecule has 0 fully saturated rings. The molecule has 0 bridgehead atoms. The highest BCUT2D eigenvalue weighted by Crippen LogP contribution is 2.16. The van der Waals surface area contributed by atoms with Crippen LogP contribution in [0, 0.1) is 5.82 Å². The molecule has 0 unspecified atom stereocenters. The molecule has 0 amide bonds. The lowest BCUT2D eigenvalue weighted by Crippen LogP contribution is -1.99. The molecule has 82 valence electrons. The monoisotopic (exact) mass is 237 g/mol. The van der Waals surface area contributed by atoms with Crippen molar-refractivity contribution < 1.29 is 4.39 Å². The maximum atomic E-state index is 12.9. The van der Waals surface area contributed by atoms with Crippen LogP contribution in [0.5, 0.6) is 0 Å². The van der Waals surface area contributed by atoms with E-state index in [1.54, 1.807) is 12.1 Å². The summed E-state index contributed by atoms with van der Waals surface area (Å²) in [4.78, 5) is 0. The molecule has 0 atom stereocenters. The lowest BCUT2D eigenvalue weighted by molar-refractivity contribution is 0.626. The van der Waals surface area contributed by atoms with Crippen LogP contribution in [0.4, 0.5) is 10.1 Å². The second kappa shape index (κ2) is 4.45. The van der Waals surface area contributed by atoms with Gasteiger partial charge in [0.15, 0.2) is 5.15 Å². The second-order valence-electron chi connectivity index (χ2n) is 3.39. The summed E-state index contributed by atoms with van der Waals surface area (Å²) in [5.41, 5.74) is 7.45. The van der Waals surface area contributed by atoms with E-state index >= 15 is 0 Å². The van der Waals surface area contributed by atoms with Crippen LogP contribution < -0.4 is 5.73 Å². The average molecular weight is 238 g/mol. The number of aromatic nitrogens is 2. The van der Waals surface area contributed by atoms with Crippen LogP contribution in [-0.4, -0.2) is 10.2 Å².